The second-order valence-corrected chi connectivity index (χ2v) is 5.64. The number of likely N-dealkylation sites (tertiary alicyclic amines) is 1. The second kappa shape index (κ2) is 5.75. The number of alkyl halides is 1. The number of amides is 1. The van der Waals surface area contributed by atoms with Crippen LogP contribution in [0, 0.1) is 5.92 Å². The monoisotopic (exact) mass is 265 g/mol. The smallest absolute Gasteiger partial charge is 0.253 e. The van der Waals surface area contributed by atoms with Crippen LogP contribution in [0.1, 0.15) is 36.2 Å². The zero-order chi connectivity index (χ0) is 13.1. The van der Waals surface area contributed by atoms with Gasteiger partial charge in [0.1, 0.15) is 0 Å². The first-order valence-electron chi connectivity index (χ1n) is 6.64. The lowest BCUT2D eigenvalue weighted by Gasteiger charge is -2.34. The molecule has 98 valence electrons. The number of carbonyl (C=O) groups excluding carboxylic acids is 1. The van der Waals surface area contributed by atoms with Gasteiger partial charge in [0.15, 0.2) is 0 Å². The molecule has 2 nitrogen and oxygen atoms in total. The third kappa shape index (κ3) is 2.86. The average Bonchev–Trinajstić information content (AvgIpc) is 2.41. The largest absolute Gasteiger partial charge is 0.338 e. The van der Waals surface area contributed by atoms with E-state index in [0.29, 0.717) is 5.92 Å². The van der Waals surface area contributed by atoms with E-state index in [1.807, 2.05) is 29.2 Å². The quantitative estimate of drug-likeness (QED) is 0.751. The average molecular weight is 266 g/mol. The predicted octanol–water partition coefficient (Wildman–Crippen LogP) is 3.34. The molecule has 3 heteroatoms. The van der Waals surface area contributed by atoms with Crippen molar-refractivity contribution in [3.8, 4) is 0 Å². The molecular formula is C15H20ClNO. The van der Waals surface area contributed by atoms with E-state index in [1.54, 1.807) is 0 Å². The maximum Gasteiger partial charge on any atom is 0.253 e. The van der Waals surface area contributed by atoms with E-state index in [9.17, 15) is 4.79 Å². The molecule has 1 aromatic rings. The number of halogens is 1. The van der Waals surface area contributed by atoms with Gasteiger partial charge in [0, 0.05) is 24.0 Å². The predicted molar refractivity (Wildman–Crippen MR) is 75.1 cm³/mol. The van der Waals surface area contributed by atoms with Crippen molar-refractivity contribution in [3.05, 3.63) is 35.4 Å². The zero-order valence-electron chi connectivity index (χ0n) is 11.0. The summed E-state index contributed by atoms with van der Waals surface area (Å²) in [5, 5.41) is 0.205. The van der Waals surface area contributed by atoms with Crippen LogP contribution in [-0.4, -0.2) is 29.3 Å². The lowest BCUT2D eigenvalue weighted by Crippen LogP contribution is -2.43. The van der Waals surface area contributed by atoms with E-state index in [-0.39, 0.29) is 11.3 Å². The van der Waals surface area contributed by atoms with Gasteiger partial charge >= 0.3 is 0 Å². The molecule has 2 unspecified atom stereocenters. The molecule has 1 amide bonds. The summed E-state index contributed by atoms with van der Waals surface area (Å²) in [5.74, 6) is 0.507. The van der Waals surface area contributed by atoms with Gasteiger partial charge in [-0.25, -0.2) is 0 Å². The van der Waals surface area contributed by atoms with Crippen LogP contribution >= 0.6 is 11.6 Å². The van der Waals surface area contributed by atoms with Gasteiger partial charge in [-0.2, -0.15) is 0 Å². The van der Waals surface area contributed by atoms with Gasteiger partial charge in [0.25, 0.3) is 5.91 Å². The molecule has 1 aliphatic rings. The van der Waals surface area contributed by atoms with Crippen molar-refractivity contribution in [1.82, 2.24) is 4.90 Å². The van der Waals surface area contributed by atoms with Gasteiger partial charge in [0.05, 0.1) is 0 Å². The van der Waals surface area contributed by atoms with E-state index < -0.39 is 0 Å². The van der Waals surface area contributed by atoms with Crippen molar-refractivity contribution in [2.24, 2.45) is 5.92 Å². The molecule has 0 spiro atoms. The molecule has 0 radical (unpaired) electrons. The normalized spacial score (nSPS) is 24.1. The minimum absolute atomic E-state index is 0.132. The maximum absolute atomic E-state index is 12.3. The molecule has 0 saturated carbocycles. The Labute approximate surface area is 114 Å². The molecule has 0 aliphatic carbocycles. The van der Waals surface area contributed by atoms with Gasteiger partial charge in [0.2, 0.25) is 0 Å². The molecule has 0 N–H and O–H groups in total. The Balaban J connectivity index is 2.06. The fraction of sp³-hybridized carbons (Fsp3) is 0.533. The summed E-state index contributed by atoms with van der Waals surface area (Å²) >= 11 is 6.18. The minimum Gasteiger partial charge on any atom is -0.338 e. The summed E-state index contributed by atoms with van der Waals surface area (Å²) in [6.07, 6.45) is 1.89. The number of rotatable bonds is 2. The Kier molecular flexibility index (Phi) is 4.28. The molecule has 1 aromatic carbocycles. The van der Waals surface area contributed by atoms with E-state index in [4.69, 9.17) is 11.6 Å². The second-order valence-electron chi connectivity index (χ2n) is 5.08. The Hall–Kier alpha value is -1.02. The molecule has 0 bridgehead atoms. The highest BCUT2D eigenvalue weighted by molar-refractivity contribution is 6.20. The Morgan fingerprint density at radius 2 is 2.06 bits per heavy atom. The summed E-state index contributed by atoms with van der Waals surface area (Å²) < 4.78 is 0. The van der Waals surface area contributed by atoms with Crippen LogP contribution < -0.4 is 0 Å². The third-order valence-electron chi connectivity index (χ3n) is 3.70. The Bertz CT molecular complexity index is 415. The highest BCUT2D eigenvalue weighted by Crippen LogP contribution is 2.23. The van der Waals surface area contributed by atoms with Crippen LogP contribution in [0.5, 0.6) is 0 Å². The first-order chi connectivity index (χ1) is 8.61. The highest BCUT2D eigenvalue weighted by Gasteiger charge is 2.27. The third-order valence-corrected chi connectivity index (χ3v) is 4.35. The van der Waals surface area contributed by atoms with Gasteiger partial charge in [-0.1, -0.05) is 26.0 Å². The standard InChI is InChI=1S/C15H20ClNO/c1-3-12-4-6-13(7-5-12)15(18)17-9-8-14(16)11(2)10-17/h4-7,11,14H,3,8-10H2,1-2H3. The summed E-state index contributed by atoms with van der Waals surface area (Å²) in [4.78, 5) is 14.3. The summed E-state index contributed by atoms with van der Waals surface area (Å²) in [6.45, 7) is 5.76. The number of nitrogens with zero attached hydrogens (tertiary/aromatic N) is 1. The van der Waals surface area contributed by atoms with Crippen LogP contribution in [0.25, 0.3) is 0 Å². The van der Waals surface area contributed by atoms with Crippen LogP contribution in [0.2, 0.25) is 0 Å². The maximum atomic E-state index is 12.3. The van der Waals surface area contributed by atoms with E-state index in [2.05, 4.69) is 13.8 Å². The van der Waals surface area contributed by atoms with Crippen molar-refractivity contribution in [2.75, 3.05) is 13.1 Å². The number of hydrogen-bond donors (Lipinski definition) is 0. The van der Waals surface area contributed by atoms with Gasteiger partial charge in [-0.05, 0) is 36.5 Å². The molecule has 1 saturated heterocycles. The number of aryl methyl sites for hydroxylation is 1. The topological polar surface area (TPSA) is 20.3 Å². The number of piperidine rings is 1. The van der Waals surface area contributed by atoms with Crippen molar-refractivity contribution in [2.45, 2.75) is 32.1 Å². The number of benzene rings is 1. The molecule has 0 aromatic heterocycles. The van der Waals surface area contributed by atoms with Crippen LogP contribution in [0.15, 0.2) is 24.3 Å². The summed E-state index contributed by atoms with van der Waals surface area (Å²) in [6, 6.07) is 7.92. The van der Waals surface area contributed by atoms with Crippen molar-refractivity contribution in [1.29, 1.82) is 0 Å². The number of hydrogen-bond acceptors (Lipinski definition) is 1. The van der Waals surface area contributed by atoms with Gasteiger partial charge < -0.3 is 4.90 Å². The van der Waals surface area contributed by atoms with Crippen molar-refractivity contribution >= 4 is 17.5 Å². The molecule has 2 atom stereocenters. The molecule has 2 rings (SSSR count). The molecule has 1 heterocycles. The fourth-order valence-electron chi connectivity index (χ4n) is 2.37. The Morgan fingerprint density at radius 1 is 1.39 bits per heavy atom. The van der Waals surface area contributed by atoms with Crippen LogP contribution in [0.3, 0.4) is 0 Å². The van der Waals surface area contributed by atoms with Crippen molar-refractivity contribution in [3.63, 3.8) is 0 Å². The first kappa shape index (κ1) is 13.4. The summed E-state index contributed by atoms with van der Waals surface area (Å²) in [7, 11) is 0. The molecule has 1 fully saturated rings. The minimum atomic E-state index is 0.132. The molecule has 1 aliphatic heterocycles. The first-order valence-corrected chi connectivity index (χ1v) is 7.07. The molecule has 18 heavy (non-hydrogen) atoms. The Morgan fingerprint density at radius 3 is 2.61 bits per heavy atom. The van der Waals surface area contributed by atoms with Gasteiger partial charge in [-0.15, -0.1) is 11.6 Å². The lowest BCUT2D eigenvalue weighted by molar-refractivity contribution is 0.0687. The van der Waals surface area contributed by atoms with E-state index in [1.165, 1.54) is 5.56 Å². The van der Waals surface area contributed by atoms with Crippen LogP contribution in [0.4, 0.5) is 0 Å². The van der Waals surface area contributed by atoms with E-state index in [0.717, 1.165) is 31.5 Å². The fourth-order valence-corrected chi connectivity index (χ4v) is 2.54. The van der Waals surface area contributed by atoms with E-state index >= 15 is 0 Å². The summed E-state index contributed by atoms with van der Waals surface area (Å²) in [5.41, 5.74) is 2.05. The highest BCUT2D eigenvalue weighted by atomic mass is 35.5. The van der Waals surface area contributed by atoms with Gasteiger partial charge in [-0.3, -0.25) is 4.79 Å². The van der Waals surface area contributed by atoms with Crippen molar-refractivity contribution < 1.29 is 4.79 Å². The molecular weight excluding hydrogens is 246 g/mol. The lowest BCUT2D eigenvalue weighted by atomic mass is 9.98. The zero-order valence-corrected chi connectivity index (χ0v) is 11.8. The number of carbonyl (C=O) groups is 1. The SMILES string of the molecule is CCc1ccc(C(=O)N2CCC(Cl)C(C)C2)cc1. The van der Waals surface area contributed by atoms with Crippen LogP contribution in [-0.2, 0) is 6.42 Å².